The van der Waals surface area contributed by atoms with Crippen LogP contribution in [0.3, 0.4) is 0 Å². The number of methoxy groups -OCH3 is 1. The average molecular weight is 324 g/mol. The minimum Gasteiger partial charge on any atom is -0.493 e. The number of benzene rings is 1. The highest BCUT2D eigenvalue weighted by molar-refractivity contribution is 9.10. The molecule has 0 amide bonds. The Morgan fingerprint density at radius 1 is 1.21 bits per heavy atom. The molecule has 0 aliphatic heterocycles. The predicted molar refractivity (Wildman–Crippen MR) is 75.7 cm³/mol. The zero-order valence-electron chi connectivity index (χ0n) is 10.7. The van der Waals surface area contributed by atoms with Crippen molar-refractivity contribution in [3.05, 3.63) is 46.1 Å². The number of halogens is 1. The second-order valence-electron chi connectivity index (χ2n) is 3.96. The van der Waals surface area contributed by atoms with Gasteiger partial charge in [-0.1, -0.05) is 6.07 Å². The first-order chi connectivity index (χ1) is 9.13. The van der Waals surface area contributed by atoms with Crippen molar-refractivity contribution in [2.75, 3.05) is 7.11 Å². The van der Waals surface area contributed by atoms with Crippen molar-refractivity contribution in [2.24, 2.45) is 0 Å². The summed E-state index contributed by atoms with van der Waals surface area (Å²) in [7, 11) is 1.56. The summed E-state index contributed by atoms with van der Waals surface area (Å²) in [6, 6.07) is 8.93. The molecule has 5 heteroatoms. The van der Waals surface area contributed by atoms with E-state index in [0.29, 0.717) is 17.4 Å². The fraction of sp³-hybridized carbons (Fsp3) is 0.214. The fourth-order valence-corrected chi connectivity index (χ4v) is 1.81. The smallest absolute Gasteiger partial charge is 0.219 e. The third-order valence-electron chi connectivity index (χ3n) is 2.62. The number of aryl methyl sites for hydroxylation is 1. The molecule has 100 valence electrons. The number of ether oxygens (including phenoxy) is 2. The Labute approximate surface area is 120 Å². The van der Waals surface area contributed by atoms with Gasteiger partial charge in [0.15, 0.2) is 11.5 Å². The molecule has 0 aliphatic rings. The number of aromatic nitrogens is 1. The minimum absolute atomic E-state index is 0.0354. The largest absolute Gasteiger partial charge is 0.493 e. The van der Waals surface area contributed by atoms with Crippen molar-refractivity contribution in [3.63, 3.8) is 0 Å². The van der Waals surface area contributed by atoms with Crippen LogP contribution in [-0.2, 0) is 6.61 Å². The predicted octanol–water partition coefficient (Wildman–Crippen LogP) is 3.45. The summed E-state index contributed by atoms with van der Waals surface area (Å²) in [4.78, 5) is 4.31. The maximum atomic E-state index is 9.09. The number of aliphatic hydroxyl groups is 1. The van der Waals surface area contributed by atoms with E-state index >= 15 is 0 Å². The first kappa shape index (κ1) is 13.8. The van der Waals surface area contributed by atoms with E-state index in [2.05, 4.69) is 20.9 Å². The third kappa shape index (κ3) is 3.24. The Morgan fingerprint density at radius 3 is 2.63 bits per heavy atom. The molecule has 19 heavy (non-hydrogen) atoms. The van der Waals surface area contributed by atoms with Gasteiger partial charge >= 0.3 is 0 Å². The van der Waals surface area contributed by atoms with Crippen LogP contribution in [0.5, 0.6) is 17.4 Å². The maximum absolute atomic E-state index is 9.09. The number of nitrogens with zero attached hydrogens (tertiary/aromatic N) is 1. The van der Waals surface area contributed by atoms with Crippen molar-refractivity contribution in [3.8, 4) is 17.4 Å². The van der Waals surface area contributed by atoms with Crippen LogP contribution in [0.2, 0.25) is 0 Å². The highest BCUT2D eigenvalue weighted by Crippen LogP contribution is 2.32. The molecule has 0 aliphatic carbocycles. The van der Waals surface area contributed by atoms with Crippen LogP contribution in [0.4, 0.5) is 0 Å². The van der Waals surface area contributed by atoms with Gasteiger partial charge in [-0.3, -0.25) is 0 Å². The zero-order valence-corrected chi connectivity index (χ0v) is 12.3. The molecule has 0 fully saturated rings. The summed E-state index contributed by atoms with van der Waals surface area (Å²) in [5, 5.41) is 9.09. The van der Waals surface area contributed by atoms with Crippen LogP contribution < -0.4 is 9.47 Å². The molecule has 0 radical (unpaired) electrons. The Bertz CT molecular complexity index is 587. The topological polar surface area (TPSA) is 51.6 Å². The van der Waals surface area contributed by atoms with Gasteiger partial charge in [-0.2, -0.15) is 0 Å². The Hall–Kier alpha value is -1.59. The number of hydrogen-bond acceptors (Lipinski definition) is 4. The van der Waals surface area contributed by atoms with Crippen molar-refractivity contribution in [2.45, 2.75) is 13.5 Å². The van der Waals surface area contributed by atoms with Gasteiger partial charge in [0.2, 0.25) is 5.88 Å². The fourth-order valence-electron chi connectivity index (χ4n) is 1.59. The lowest BCUT2D eigenvalue weighted by molar-refractivity contribution is 0.280. The Balaban J connectivity index is 2.29. The first-order valence-electron chi connectivity index (χ1n) is 5.73. The molecule has 0 saturated carbocycles. The second kappa shape index (κ2) is 6.04. The van der Waals surface area contributed by atoms with E-state index in [9.17, 15) is 0 Å². The van der Waals surface area contributed by atoms with Crippen molar-refractivity contribution < 1.29 is 14.6 Å². The maximum Gasteiger partial charge on any atom is 0.219 e. The molecule has 4 nitrogen and oxygen atoms in total. The molecule has 0 spiro atoms. The van der Waals surface area contributed by atoms with Gasteiger partial charge in [0, 0.05) is 10.5 Å². The van der Waals surface area contributed by atoms with E-state index < -0.39 is 0 Å². The molecule has 1 aromatic carbocycles. The quantitative estimate of drug-likeness (QED) is 0.936. The van der Waals surface area contributed by atoms with Crippen LogP contribution in [-0.4, -0.2) is 17.2 Å². The second-order valence-corrected chi connectivity index (χ2v) is 4.82. The SMILES string of the molecule is COc1cc(CO)ccc1Oc1ccc(Br)c(C)n1. The van der Waals surface area contributed by atoms with Gasteiger partial charge in [0.05, 0.1) is 19.4 Å². The van der Waals surface area contributed by atoms with E-state index in [1.807, 2.05) is 13.0 Å². The number of hydrogen-bond donors (Lipinski definition) is 1. The lowest BCUT2D eigenvalue weighted by Gasteiger charge is -2.11. The molecule has 1 heterocycles. The monoisotopic (exact) mass is 323 g/mol. The van der Waals surface area contributed by atoms with Crippen LogP contribution in [0, 0.1) is 6.92 Å². The molecule has 0 unspecified atom stereocenters. The molecular weight excluding hydrogens is 310 g/mol. The van der Waals surface area contributed by atoms with E-state index in [1.54, 1.807) is 31.4 Å². The summed E-state index contributed by atoms with van der Waals surface area (Å²) in [5.74, 6) is 1.62. The van der Waals surface area contributed by atoms with E-state index in [0.717, 1.165) is 15.7 Å². The van der Waals surface area contributed by atoms with Gasteiger partial charge in [-0.25, -0.2) is 4.98 Å². The number of pyridine rings is 1. The molecule has 1 aromatic heterocycles. The lowest BCUT2D eigenvalue weighted by atomic mass is 10.2. The minimum atomic E-state index is -0.0354. The van der Waals surface area contributed by atoms with E-state index in [4.69, 9.17) is 14.6 Å². The average Bonchev–Trinajstić information content (AvgIpc) is 2.43. The van der Waals surface area contributed by atoms with Gasteiger partial charge in [0.1, 0.15) is 0 Å². The van der Waals surface area contributed by atoms with Crippen molar-refractivity contribution in [1.82, 2.24) is 4.98 Å². The summed E-state index contributed by atoms with van der Waals surface area (Å²) < 4.78 is 11.9. The number of rotatable bonds is 4. The number of aliphatic hydroxyl groups excluding tert-OH is 1. The molecule has 0 atom stereocenters. The summed E-state index contributed by atoms with van der Waals surface area (Å²) in [6.45, 7) is 1.86. The van der Waals surface area contributed by atoms with Gasteiger partial charge in [-0.05, 0) is 46.6 Å². The van der Waals surface area contributed by atoms with Crippen LogP contribution in [0.25, 0.3) is 0 Å². The van der Waals surface area contributed by atoms with E-state index in [-0.39, 0.29) is 6.61 Å². The summed E-state index contributed by atoms with van der Waals surface area (Å²) in [6.07, 6.45) is 0. The molecule has 2 rings (SSSR count). The van der Waals surface area contributed by atoms with Crippen LogP contribution >= 0.6 is 15.9 Å². The summed E-state index contributed by atoms with van der Waals surface area (Å²) in [5.41, 5.74) is 1.62. The van der Waals surface area contributed by atoms with E-state index in [1.165, 1.54) is 0 Å². The highest BCUT2D eigenvalue weighted by atomic mass is 79.9. The third-order valence-corrected chi connectivity index (χ3v) is 3.46. The van der Waals surface area contributed by atoms with Crippen molar-refractivity contribution >= 4 is 15.9 Å². The van der Waals surface area contributed by atoms with Gasteiger partial charge < -0.3 is 14.6 Å². The van der Waals surface area contributed by atoms with Gasteiger partial charge in [0.25, 0.3) is 0 Å². The molecule has 1 N–H and O–H groups in total. The van der Waals surface area contributed by atoms with Crippen LogP contribution in [0.15, 0.2) is 34.8 Å². The zero-order chi connectivity index (χ0) is 13.8. The highest BCUT2D eigenvalue weighted by Gasteiger charge is 2.08. The summed E-state index contributed by atoms with van der Waals surface area (Å²) >= 11 is 3.39. The lowest BCUT2D eigenvalue weighted by Crippen LogP contribution is -1.95. The Morgan fingerprint density at radius 2 is 2.00 bits per heavy atom. The molecule has 2 aromatic rings. The molecular formula is C14H14BrNO3. The molecule has 0 bridgehead atoms. The normalized spacial score (nSPS) is 10.3. The first-order valence-corrected chi connectivity index (χ1v) is 6.52. The van der Waals surface area contributed by atoms with Crippen LogP contribution in [0.1, 0.15) is 11.3 Å². The molecule has 0 saturated heterocycles. The van der Waals surface area contributed by atoms with Gasteiger partial charge in [-0.15, -0.1) is 0 Å². The van der Waals surface area contributed by atoms with Crippen molar-refractivity contribution in [1.29, 1.82) is 0 Å². The Kier molecular flexibility index (Phi) is 4.39. The standard InChI is InChI=1S/C14H14BrNO3/c1-9-11(15)4-6-14(16-9)19-12-5-3-10(8-17)7-13(12)18-2/h3-7,17H,8H2,1-2H3.